The minimum absolute atomic E-state index is 0.0417. The van der Waals surface area contributed by atoms with E-state index in [1.807, 2.05) is 0 Å². The molecule has 2 aromatic carbocycles. The number of thiazole rings is 1. The lowest BCUT2D eigenvalue weighted by molar-refractivity contribution is -0.120. The van der Waals surface area contributed by atoms with Crippen LogP contribution in [0.25, 0.3) is 0 Å². The zero-order chi connectivity index (χ0) is 23.1. The maximum atomic E-state index is 12.1. The standard InChI is InChI=1S/C20H20ClN5O4S2/c21-14-3-5-15(6-4-14)24-19(28)26-20-25-16(12-31-20)11-18(27)23-10-9-13-1-7-17(8-2-13)32(22,29)30/h1-8,12H,9-11H2,(H,23,27)(H2,22,29,30)(H2,24,25,26,28). The van der Waals surface area contributed by atoms with E-state index < -0.39 is 16.1 Å². The fourth-order valence-electron chi connectivity index (χ4n) is 2.66. The van der Waals surface area contributed by atoms with Gasteiger partial charge in [0.25, 0.3) is 0 Å². The van der Waals surface area contributed by atoms with Crippen LogP contribution in [0.3, 0.4) is 0 Å². The SMILES string of the molecule is NS(=O)(=O)c1ccc(CCNC(=O)Cc2csc(NC(=O)Nc3ccc(Cl)cc3)n2)cc1. The molecule has 3 amide bonds. The van der Waals surface area contributed by atoms with E-state index in [1.165, 1.54) is 23.5 Å². The van der Waals surface area contributed by atoms with Gasteiger partial charge in [0.2, 0.25) is 15.9 Å². The van der Waals surface area contributed by atoms with Crippen molar-refractivity contribution in [3.05, 3.63) is 70.2 Å². The van der Waals surface area contributed by atoms with Crippen LogP contribution >= 0.6 is 22.9 Å². The zero-order valence-corrected chi connectivity index (χ0v) is 19.1. The van der Waals surface area contributed by atoms with Gasteiger partial charge in [-0.25, -0.2) is 23.3 Å². The minimum Gasteiger partial charge on any atom is -0.355 e. The van der Waals surface area contributed by atoms with E-state index in [-0.39, 0.29) is 17.2 Å². The summed E-state index contributed by atoms with van der Waals surface area (Å²) < 4.78 is 22.5. The molecule has 0 saturated heterocycles. The highest BCUT2D eigenvalue weighted by Crippen LogP contribution is 2.17. The van der Waals surface area contributed by atoms with E-state index >= 15 is 0 Å². The van der Waals surface area contributed by atoms with Crippen molar-refractivity contribution in [3.63, 3.8) is 0 Å². The van der Waals surface area contributed by atoms with Crippen LogP contribution in [0.2, 0.25) is 5.02 Å². The number of hydrogen-bond acceptors (Lipinski definition) is 6. The Labute approximate surface area is 194 Å². The summed E-state index contributed by atoms with van der Waals surface area (Å²) in [5.74, 6) is -0.214. The van der Waals surface area contributed by atoms with E-state index in [2.05, 4.69) is 20.9 Å². The first-order valence-electron chi connectivity index (χ1n) is 9.35. The average molecular weight is 494 g/mol. The minimum atomic E-state index is -3.72. The molecule has 32 heavy (non-hydrogen) atoms. The second-order valence-corrected chi connectivity index (χ2v) is 9.55. The number of halogens is 1. The van der Waals surface area contributed by atoms with Crippen molar-refractivity contribution in [1.29, 1.82) is 0 Å². The first-order chi connectivity index (χ1) is 15.2. The largest absolute Gasteiger partial charge is 0.355 e. The van der Waals surface area contributed by atoms with Crippen LogP contribution in [0.15, 0.2) is 58.8 Å². The molecule has 5 N–H and O–H groups in total. The molecule has 0 radical (unpaired) electrons. The van der Waals surface area contributed by atoms with Gasteiger partial charge in [-0.05, 0) is 48.4 Å². The highest BCUT2D eigenvalue weighted by atomic mass is 35.5. The van der Waals surface area contributed by atoms with Gasteiger partial charge >= 0.3 is 6.03 Å². The van der Waals surface area contributed by atoms with E-state index in [0.29, 0.717) is 34.5 Å². The fraction of sp³-hybridized carbons (Fsp3) is 0.150. The molecule has 3 rings (SSSR count). The number of aromatic nitrogens is 1. The molecule has 0 aliphatic carbocycles. The Hall–Kier alpha value is -2.99. The number of amides is 3. The van der Waals surface area contributed by atoms with E-state index in [9.17, 15) is 18.0 Å². The first-order valence-corrected chi connectivity index (χ1v) is 12.2. The number of urea groups is 1. The predicted octanol–water partition coefficient (Wildman–Crippen LogP) is 2.99. The average Bonchev–Trinajstić information content (AvgIpc) is 3.16. The Morgan fingerprint density at radius 2 is 1.72 bits per heavy atom. The molecule has 1 aromatic heterocycles. The Bertz CT molecular complexity index is 1200. The Morgan fingerprint density at radius 3 is 2.38 bits per heavy atom. The second kappa shape index (κ2) is 10.6. The van der Waals surface area contributed by atoms with Gasteiger partial charge in [-0.2, -0.15) is 0 Å². The number of benzene rings is 2. The lowest BCUT2D eigenvalue weighted by atomic mass is 10.1. The van der Waals surface area contributed by atoms with E-state index in [0.717, 1.165) is 5.56 Å². The van der Waals surface area contributed by atoms with Crippen molar-refractivity contribution in [2.75, 3.05) is 17.2 Å². The van der Waals surface area contributed by atoms with Gasteiger partial charge < -0.3 is 10.6 Å². The number of hydrogen-bond donors (Lipinski definition) is 4. The van der Waals surface area contributed by atoms with Crippen LogP contribution in [-0.2, 0) is 27.7 Å². The summed E-state index contributed by atoms with van der Waals surface area (Å²) in [7, 11) is -3.72. The Morgan fingerprint density at radius 1 is 1.03 bits per heavy atom. The molecule has 0 bridgehead atoms. The maximum Gasteiger partial charge on any atom is 0.325 e. The summed E-state index contributed by atoms with van der Waals surface area (Å²) in [6, 6.07) is 12.4. The van der Waals surface area contributed by atoms with E-state index in [4.69, 9.17) is 16.7 Å². The number of carbonyl (C=O) groups excluding carboxylic acids is 2. The third kappa shape index (κ3) is 7.31. The van der Waals surface area contributed by atoms with Crippen LogP contribution < -0.4 is 21.1 Å². The Balaban J connectivity index is 1.42. The topological polar surface area (TPSA) is 143 Å². The van der Waals surface area contributed by atoms with Crippen molar-refractivity contribution in [2.45, 2.75) is 17.7 Å². The summed E-state index contributed by atoms with van der Waals surface area (Å²) in [5.41, 5.74) is 1.98. The quantitative estimate of drug-likeness (QED) is 0.381. The number of sulfonamides is 1. The highest BCUT2D eigenvalue weighted by Gasteiger charge is 2.11. The smallest absolute Gasteiger partial charge is 0.325 e. The highest BCUT2D eigenvalue weighted by molar-refractivity contribution is 7.89. The molecular formula is C20H20ClN5O4S2. The molecule has 0 aliphatic rings. The lowest BCUT2D eigenvalue weighted by Gasteiger charge is -2.06. The molecular weight excluding hydrogens is 474 g/mol. The number of nitrogens with zero attached hydrogens (tertiary/aromatic N) is 1. The molecule has 9 nitrogen and oxygen atoms in total. The van der Waals surface area contributed by atoms with Crippen molar-refractivity contribution in [3.8, 4) is 0 Å². The van der Waals surface area contributed by atoms with Crippen LogP contribution in [-0.4, -0.2) is 31.9 Å². The first kappa shape index (κ1) is 23.7. The molecule has 0 saturated carbocycles. The normalized spacial score (nSPS) is 11.1. The number of anilines is 2. The van der Waals surface area contributed by atoms with E-state index in [1.54, 1.807) is 41.8 Å². The third-order valence-corrected chi connectivity index (χ3v) is 6.19. The summed E-state index contributed by atoms with van der Waals surface area (Å²) in [4.78, 5) is 28.5. The van der Waals surface area contributed by atoms with Gasteiger partial charge in [-0.15, -0.1) is 11.3 Å². The zero-order valence-electron chi connectivity index (χ0n) is 16.7. The van der Waals surface area contributed by atoms with Crippen molar-refractivity contribution in [2.24, 2.45) is 5.14 Å². The number of nitrogens with two attached hydrogens (primary N) is 1. The summed E-state index contributed by atoms with van der Waals surface area (Å²) in [6.07, 6.45) is 0.604. The summed E-state index contributed by atoms with van der Waals surface area (Å²) >= 11 is 7.03. The van der Waals surface area contributed by atoms with Gasteiger partial charge in [-0.1, -0.05) is 23.7 Å². The monoisotopic (exact) mass is 493 g/mol. The summed E-state index contributed by atoms with van der Waals surface area (Å²) in [6.45, 7) is 0.381. The van der Waals surface area contributed by atoms with Gasteiger partial charge in [0.15, 0.2) is 5.13 Å². The van der Waals surface area contributed by atoms with Crippen LogP contribution in [0.5, 0.6) is 0 Å². The van der Waals surface area contributed by atoms with Gasteiger partial charge in [0, 0.05) is 22.6 Å². The lowest BCUT2D eigenvalue weighted by Crippen LogP contribution is -2.27. The van der Waals surface area contributed by atoms with Gasteiger partial charge in [0.1, 0.15) is 0 Å². The van der Waals surface area contributed by atoms with Gasteiger partial charge in [0.05, 0.1) is 17.0 Å². The summed E-state index contributed by atoms with van der Waals surface area (Å²) in [5, 5.41) is 15.8. The number of carbonyl (C=O) groups is 2. The molecule has 0 atom stereocenters. The number of nitrogens with one attached hydrogen (secondary N) is 3. The third-order valence-electron chi connectivity index (χ3n) is 4.20. The Kier molecular flexibility index (Phi) is 7.80. The van der Waals surface area contributed by atoms with Crippen molar-refractivity contribution >= 4 is 55.7 Å². The molecule has 0 unspecified atom stereocenters. The van der Waals surface area contributed by atoms with Crippen molar-refractivity contribution in [1.82, 2.24) is 10.3 Å². The van der Waals surface area contributed by atoms with Crippen LogP contribution in [0.1, 0.15) is 11.3 Å². The molecule has 3 aromatic rings. The van der Waals surface area contributed by atoms with Crippen molar-refractivity contribution < 1.29 is 18.0 Å². The predicted molar refractivity (Wildman–Crippen MR) is 124 cm³/mol. The fourth-order valence-corrected chi connectivity index (χ4v) is 4.00. The van der Waals surface area contributed by atoms with Crippen LogP contribution in [0, 0.1) is 0 Å². The molecule has 168 valence electrons. The van der Waals surface area contributed by atoms with Crippen LogP contribution in [0.4, 0.5) is 15.6 Å². The number of primary sulfonamides is 1. The number of rotatable bonds is 8. The van der Waals surface area contributed by atoms with Gasteiger partial charge in [-0.3, -0.25) is 10.1 Å². The molecule has 0 spiro atoms. The molecule has 1 heterocycles. The molecule has 0 aliphatic heterocycles. The molecule has 12 heteroatoms. The second-order valence-electron chi connectivity index (χ2n) is 6.70. The maximum absolute atomic E-state index is 12.1. The molecule has 0 fully saturated rings.